The number of ether oxygens (including phenoxy) is 1. The number of anilines is 1. The second kappa shape index (κ2) is 9.15. The number of aliphatic hydroxyl groups is 1. The highest BCUT2D eigenvalue weighted by molar-refractivity contribution is 7.51. The molecule has 1 aliphatic rings. The van der Waals surface area contributed by atoms with E-state index in [1.807, 2.05) is 0 Å². The molecule has 3 aromatic heterocycles. The van der Waals surface area contributed by atoms with Gasteiger partial charge in [-0.15, -0.1) is 0 Å². The lowest BCUT2D eigenvalue weighted by molar-refractivity contribution is -0.0472. The summed E-state index contributed by atoms with van der Waals surface area (Å²) in [6.07, 6.45) is 1.73. The fourth-order valence-corrected chi connectivity index (χ4v) is 4.46. The number of nitrogens with two attached hydrogens (primary N) is 1. The Labute approximate surface area is 191 Å². The van der Waals surface area contributed by atoms with Crippen LogP contribution < -0.4 is 16.6 Å². The summed E-state index contributed by atoms with van der Waals surface area (Å²) >= 11 is 0. The van der Waals surface area contributed by atoms with E-state index in [0.29, 0.717) is 0 Å². The molecule has 0 spiro atoms. The highest BCUT2D eigenvalue weighted by atomic mass is 31.2. The second-order valence-electron chi connectivity index (χ2n) is 7.80. The number of rotatable bonds is 7. The van der Waals surface area contributed by atoms with E-state index in [2.05, 4.69) is 25.3 Å². The Balaban J connectivity index is 1.60. The Kier molecular flexibility index (Phi) is 6.42. The number of aliphatic hydroxyl groups excluding tert-OH is 1. The van der Waals surface area contributed by atoms with E-state index in [1.54, 1.807) is 14.1 Å². The van der Waals surface area contributed by atoms with Gasteiger partial charge in [-0.05, 0) is 0 Å². The first kappa shape index (κ1) is 23.8. The Bertz CT molecular complexity index is 1270. The predicted molar refractivity (Wildman–Crippen MR) is 116 cm³/mol. The zero-order chi connectivity index (χ0) is 24.6. The van der Waals surface area contributed by atoms with E-state index in [-0.39, 0.29) is 23.7 Å². The number of aromatic amines is 1. The maximum Gasteiger partial charge on any atom is 0.437 e. The van der Waals surface area contributed by atoms with Crippen molar-refractivity contribution in [2.75, 3.05) is 33.0 Å². The number of carbonyl (C=O) groups excluding carboxylic acids is 1. The monoisotopic (exact) mass is 497 g/mol. The van der Waals surface area contributed by atoms with Crippen molar-refractivity contribution in [2.24, 2.45) is 5.92 Å². The van der Waals surface area contributed by atoms with Crippen molar-refractivity contribution in [3.05, 3.63) is 35.4 Å². The van der Waals surface area contributed by atoms with Crippen molar-refractivity contribution < 1.29 is 28.6 Å². The average Bonchev–Trinajstić information content (AvgIpc) is 3.50. The molecule has 1 fully saturated rings. The van der Waals surface area contributed by atoms with Crippen LogP contribution in [-0.4, -0.2) is 89.2 Å². The van der Waals surface area contributed by atoms with Gasteiger partial charge in [-0.2, -0.15) is 4.98 Å². The van der Waals surface area contributed by atoms with Crippen LogP contribution in [0.5, 0.6) is 0 Å². The van der Waals surface area contributed by atoms with Crippen molar-refractivity contribution >= 4 is 30.9 Å². The molecule has 1 unspecified atom stereocenters. The molecule has 16 nitrogen and oxygen atoms in total. The molecule has 4 heterocycles. The third-order valence-corrected chi connectivity index (χ3v) is 6.64. The summed E-state index contributed by atoms with van der Waals surface area (Å²) in [4.78, 5) is 49.8. The summed E-state index contributed by atoms with van der Waals surface area (Å²) in [7, 11) is -1.17. The van der Waals surface area contributed by atoms with Gasteiger partial charge in [0.2, 0.25) is 5.95 Å². The largest absolute Gasteiger partial charge is 0.437 e. The van der Waals surface area contributed by atoms with E-state index >= 15 is 0 Å². The highest BCUT2D eigenvalue weighted by Gasteiger charge is 2.46. The first-order valence-electron chi connectivity index (χ1n) is 10.1. The molecule has 3 aromatic rings. The Morgan fingerprint density at radius 3 is 2.88 bits per heavy atom. The minimum atomic E-state index is -4.28. The van der Waals surface area contributed by atoms with Gasteiger partial charge < -0.3 is 30.7 Å². The van der Waals surface area contributed by atoms with Crippen molar-refractivity contribution in [2.45, 2.75) is 18.4 Å². The number of nitrogens with one attached hydrogen (secondary N) is 2. The summed E-state index contributed by atoms with van der Waals surface area (Å²) in [5, 5.41) is 13.7. The molecule has 6 N–H and O–H groups in total. The minimum Gasteiger partial charge on any atom is -0.388 e. The number of aromatic nitrogens is 6. The summed E-state index contributed by atoms with van der Waals surface area (Å²) in [6, 6.07) is -0.407. The summed E-state index contributed by atoms with van der Waals surface area (Å²) in [6.45, 7) is -0.433. The third kappa shape index (κ3) is 4.53. The lowest BCUT2D eigenvalue weighted by Crippen LogP contribution is -2.43. The molecular weight excluding hydrogens is 473 g/mol. The number of carbonyl (C=O) groups is 1. The standard InChI is InChI=1S/C17H24N9O7P/c1-24(2)17(29)20-5-9-10(6-32-34(30,31)25-4-3-19-7-25)33-15(12(9)27)26-8-21-11-13(26)22-16(18)23-14(11)28/h3-4,7-10,12,15,27H,5-6H2,1-2H3,(H,20,29)(H,30,31)(H3,18,22,23,28)/t9-,10-,12-,15-/m1/s1. The molecule has 0 aliphatic carbocycles. The van der Waals surface area contributed by atoms with E-state index in [1.165, 1.54) is 28.2 Å². The van der Waals surface area contributed by atoms with Crippen LogP contribution in [0.4, 0.5) is 10.7 Å². The van der Waals surface area contributed by atoms with Crippen molar-refractivity contribution in [3.8, 4) is 0 Å². The first-order valence-corrected chi connectivity index (χ1v) is 11.6. The number of fused-ring (bicyclic) bond motifs is 1. The Morgan fingerprint density at radius 1 is 1.44 bits per heavy atom. The molecule has 0 radical (unpaired) electrons. The van der Waals surface area contributed by atoms with Gasteiger partial charge in [-0.25, -0.2) is 23.7 Å². The number of nitrogens with zero attached hydrogens (tertiary/aromatic N) is 6. The van der Waals surface area contributed by atoms with Crippen LogP contribution in [0.1, 0.15) is 6.23 Å². The molecule has 2 amide bonds. The van der Waals surface area contributed by atoms with Gasteiger partial charge in [0.15, 0.2) is 17.4 Å². The van der Waals surface area contributed by atoms with Gasteiger partial charge in [0.25, 0.3) is 5.56 Å². The average molecular weight is 497 g/mol. The van der Waals surface area contributed by atoms with E-state index in [4.69, 9.17) is 15.0 Å². The van der Waals surface area contributed by atoms with Crippen molar-refractivity contribution in [1.82, 2.24) is 39.1 Å². The summed E-state index contributed by atoms with van der Waals surface area (Å²) in [5.41, 5.74) is 5.14. The second-order valence-corrected chi connectivity index (χ2v) is 9.51. The van der Waals surface area contributed by atoms with E-state index in [9.17, 15) is 24.2 Å². The van der Waals surface area contributed by atoms with E-state index < -0.39 is 50.3 Å². The van der Waals surface area contributed by atoms with Crippen LogP contribution in [0.15, 0.2) is 29.8 Å². The highest BCUT2D eigenvalue weighted by Crippen LogP contribution is 2.45. The maximum absolute atomic E-state index is 12.5. The van der Waals surface area contributed by atoms with Crippen LogP contribution in [0, 0.1) is 5.92 Å². The van der Waals surface area contributed by atoms with Gasteiger partial charge >= 0.3 is 13.8 Å². The molecule has 0 bridgehead atoms. The molecular formula is C17H24N9O7P. The zero-order valence-corrected chi connectivity index (χ0v) is 19.1. The fraction of sp³-hybridized carbons (Fsp3) is 0.471. The number of hydrogen-bond donors (Lipinski definition) is 5. The number of amides is 2. The molecule has 34 heavy (non-hydrogen) atoms. The molecule has 17 heteroatoms. The van der Waals surface area contributed by atoms with Gasteiger partial charge in [0.1, 0.15) is 12.4 Å². The molecule has 5 atom stereocenters. The topological polar surface area (TPSA) is 216 Å². The van der Waals surface area contributed by atoms with Crippen LogP contribution >= 0.6 is 7.75 Å². The minimum absolute atomic E-state index is 0.0119. The number of H-pyrrole nitrogens is 1. The van der Waals surface area contributed by atoms with Gasteiger partial charge in [0.05, 0.1) is 19.0 Å². The first-order chi connectivity index (χ1) is 16.1. The summed E-state index contributed by atoms with van der Waals surface area (Å²) < 4.78 is 26.0. The van der Waals surface area contributed by atoms with E-state index in [0.717, 1.165) is 10.7 Å². The molecule has 1 saturated heterocycles. The van der Waals surface area contributed by atoms with Crippen LogP contribution in [0.25, 0.3) is 11.2 Å². The number of imidazole rings is 2. The number of hydrogen-bond acceptors (Lipinski definition) is 10. The molecule has 0 saturated carbocycles. The van der Waals surface area contributed by atoms with Gasteiger partial charge in [0, 0.05) is 39.0 Å². The molecule has 184 valence electrons. The van der Waals surface area contributed by atoms with Crippen molar-refractivity contribution in [1.29, 1.82) is 0 Å². The SMILES string of the molecule is CN(C)C(=O)NC[C@H]1[C@@H](O)[C@H](n2cnc3c(=O)[nH]c(N)nc32)O[C@@H]1COP(=O)(O)n1ccnc1. The lowest BCUT2D eigenvalue weighted by atomic mass is 9.98. The third-order valence-electron chi connectivity index (χ3n) is 5.33. The van der Waals surface area contributed by atoms with Crippen LogP contribution in [0.2, 0.25) is 0 Å². The zero-order valence-electron chi connectivity index (χ0n) is 18.2. The molecule has 1 aliphatic heterocycles. The van der Waals surface area contributed by atoms with Crippen LogP contribution in [-0.2, 0) is 13.8 Å². The van der Waals surface area contributed by atoms with Gasteiger partial charge in [-0.1, -0.05) is 0 Å². The molecule has 4 rings (SSSR count). The molecule has 0 aromatic carbocycles. The quantitative estimate of drug-likeness (QED) is 0.242. The lowest BCUT2D eigenvalue weighted by Gasteiger charge is -2.22. The predicted octanol–water partition coefficient (Wildman–Crippen LogP) is -1.29. The maximum atomic E-state index is 12.5. The van der Waals surface area contributed by atoms with Gasteiger partial charge in [-0.3, -0.25) is 18.9 Å². The smallest absolute Gasteiger partial charge is 0.388 e. The summed E-state index contributed by atoms with van der Waals surface area (Å²) in [5.74, 6) is -0.906. The fourth-order valence-electron chi connectivity index (χ4n) is 3.57. The van der Waals surface area contributed by atoms with Crippen LogP contribution in [0.3, 0.4) is 0 Å². The normalized spacial score (nSPS) is 24.2. The number of nitrogen functional groups attached to an aromatic ring is 1. The Morgan fingerprint density at radius 2 is 2.21 bits per heavy atom. The Hall–Kier alpha value is -3.30. The number of urea groups is 1. The van der Waals surface area contributed by atoms with Crippen molar-refractivity contribution in [3.63, 3.8) is 0 Å².